The van der Waals surface area contributed by atoms with Gasteiger partial charge in [0.2, 0.25) is 17.7 Å². The standard InChI is InChI=1S/C19H21N3O3/c1-19(2,18(20)25)21-17(24)13-10-16(23)22(11-13)15-9-5-7-12-6-3-4-8-14(12)15/h3-9,13H,10-11H2,1-2H3,(H2,20,25)(H,21,24)/t13-/m0/s1. The number of nitrogens with zero attached hydrogens (tertiary/aromatic N) is 1. The van der Waals surface area contributed by atoms with Crippen molar-refractivity contribution in [3.63, 3.8) is 0 Å². The number of hydrogen-bond acceptors (Lipinski definition) is 3. The molecule has 0 saturated carbocycles. The van der Waals surface area contributed by atoms with Crippen LogP contribution in [0.5, 0.6) is 0 Å². The summed E-state index contributed by atoms with van der Waals surface area (Å²) in [6.45, 7) is 3.38. The number of nitrogens with two attached hydrogens (primary N) is 1. The number of hydrogen-bond donors (Lipinski definition) is 2. The van der Waals surface area contributed by atoms with Gasteiger partial charge in [-0.05, 0) is 25.3 Å². The lowest BCUT2D eigenvalue weighted by molar-refractivity contribution is -0.132. The van der Waals surface area contributed by atoms with Gasteiger partial charge in [0, 0.05) is 18.4 Å². The van der Waals surface area contributed by atoms with Gasteiger partial charge in [0.15, 0.2) is 0 Å². The predicted octanol–water partition coefficient (Wildman–Crippen LogP) is 1.57. The number of amides is 3. The van der Waals surface area contributed by atoms with Gasteiger partial charge in [-0.1, -0.05) is 36.4 Å². The summed E-state index contributed by atoms with van der Waals surface area (Å²) in [7, 11) is 0. The topological polar surface area (TPSA) is 92.5 Å². The first kappa shape index (κ1) is 17.0. The van der Waals surface area contributed by atoms with Crippen molar-refractivity contribution in [3.8, 4) is 0 Å². The molecule has 1 saturated heterocycles. The van der Waals surface area contributed by atoms with Crippen LogP contribution in [0.3, 0.4) is 0 Å². The van der Waals surface area contributed by atoms with E-state index >= 15 is 0 Å². The van der Waals surface area contributed by atoms with E-state index in [4.69, 9.17) is 5.73 Å². The molecule has 1 atom stereocenters. The van der Waals surface area contributed by atoms with Crippen molar-refractivity contribution >= 4 is 34.2 Å². The molecule has 0 unspecified atom stereocenters. The van der Waals surface area contributed by atoms with Crippen LogP contribution in [0.2, 0.25) is 0 Å². The van der Waals surface area contributed by atoms with Crippen LogP contribution in [0, 0.1) is 5.92 Å². The number of carbonyl (C=O) groups excluding carboxylic acids is 3. The first-order valence-electron chi connectivity index (χ1n) is 8.19. The molecule has 25 heavy (non-hydrogen) atoms. The third-order valence-corrected chi connectivity index (χ3v) is 4.60. The van der Waals surface area contributed by atoms with E-state index < -0.39 is 17.4 Å². The van der Waals surface area contributed by atoms with Gasteiger partial charge >= 0.3 is 0 Å². The summed E-state index contributed by atoms with van der Waals surface area (Å²) in [6, 6.07) is 13.6. The molecule has 3 amide bonds. The molecule has 0 bridgehead atoms. The van der Waals surface area contributed by atoms with Crippen molar-refractivity contribution in [1.29, 1.82) is 0 Å². The highest BCUT2D eigenvalue weighted by molar-refractivity contribution is 6.07. The normalized spacial score (nSPS) is 17.8. The van der Waals surface area contributed by atoms with Crippen LogP contribution in [0.4, 0.5) is 5.69 Å². The van der Waals surface area contributed by atoms with E-state index in [1.54, 1.807) is 18.7 Å². The largest absolute Gasteiger partial charge is 0.368 e. The Balaban J connectivity index is 1.83. The Kier molecular flexibility index (Phi) is 4.20. The van der Waals surface area contributed by atoms with E-state index in [-0.39, 0.29) is 24.8 Å². The van der Waals surface area contributed by atoms with E-state index in [2.05, 4.69) is 5.32 Å². The minimum atomic E-state index is -1.15. The number of benzene rings is 2. The quantitative estimate of drug-likeness (QED) is 0.885. The first-order valence-corrected chi connectivity index (χ1v) is 8.19. The summed E-state index contributed by atoms with van der Waals surface area (Å²) < 4.78 is 0. The molecule has 6 heteroatoms. The zero-order valence-electron chi connectivity index (χ0n) is 14.3. The number of carbonyl (C=O) groups is 3. The van der Waals surface area contributed by atoms with E-state index in [1.165, 1.54) is 0 Å². The molecule has 1 fully saturated rings. The van der Waals surface area contributed by atoms with Crippen LogP contribution in [0.25, 0.3) is 10.8 Å². The van der Waals surface area contributed by atoms with Crippen molar-refractivity contribution in [1.82, 2.24) is 5.32 Å². The summed E-state index contributed by atoms with van der Waals surface area (Å²) in [5.74, 6) is -1.56. The zero-order valence-corrected chi connectivity index (χ0v) is 14.3. The molecular formula is C19H21N3O3. The number of nitrogens with one attached hydrogen (secondary N) is 1. The molecule has 130 valence electrons. The molecule has 1 aliphatic rings. The van der Waals surface area contributed by atoms with Gasteiger partial charge in [-0.3, -0.25) is 14.4 Å². The Labute approximate surface area is 146 Å². The lowest BCUT2D eigenvalue weighted by atomic mass is 10.0. The van der Waals surface area contributed by atoms with Crippen molar-refractivity contribution < 1.29 is 14.4 Å². The highest BCUT2D eigenvalue weighted by atomic mass is 16.2. The maximum absolute atomic E-state index is 12.5. The highest BCUT2D eigenvalue weighted by Crippen LogP contribution is 2.31. The fourth-order valence-corrected chi connectivity index (χ4v) is 3.03. The number of primary amides is 1. The van der Waals surface area contributed by atoms with E-state index in [0.717, 1.165) is 16.5 Å². The lowest BCUT2D eigenvalue weighted by Crippen LogP contribution is -2.54. The third-order valence-electron chi connectivity index (χ3n) is 4.60. The van der Waals surface area contributed by atoms with Crippen LogP contribution in [-0.4, -0.2) is 29.8 Å². The SMILES string of the molecule is CC(C)(NC(=O)[C@H]1CC(=O)N(c2cccc3ccccc23)C1)C(N)=O. The predicted molar refractivity (Wildman–Crippen MR) is 95.8 cm³/mol. The molecule has 1 heterocycles. The maximum atomic E-state index is 12.5. The number of fused-ring (bicyclic) bond motifs is 1. The van der Waals surface area contributed by atoms with Crippen molar-refractivity contribution in [2.24, 2.45) is 11.7 Å². The van der Waals surface area contributed by atoms with Gasteiger partial charge in [0.05, 0.1) is 11.6 Å². The van der Waals surface area contributed by atoms with Gasteiger partial charge in [-0.2, -0.15) is 0 Å². The summed E-state index contributed by atoms with van der Waals surface area (Å²) in [6.07, 6.45) is 0.115. The Hall–Kier alpha value is -2.89. The van der Waals surface area contributed by atoms with Crippen LogP contribution < -0.4 is 16.0 Å². The van der Waals surface area contributed by atoms with Gasteiger partial charge in [0.1, 0.15) is 5.54 Å². The van der Waals surface area contributed by atoms with Gasteiger partial charge in [-0.25, -0.2) is 0 Å². The molecule has 0 radical (unpaired) electrons. The van der Waals surface area contributed by atoms with Crippen LogP contribution in [0.15, 0.2) is 42.5 Å². The second-order valence-electron chi connectivity index (χ2n) is 6.88. The van der Waals surface area contributed by atoms with Crippen LogP contribution >= 0.6 is 0 Å². The van der Waals surface area contributed by atoms with Gasteiger partial charge < -0.3 is 16.0 Å². The summed E-state index contributed by atoms with van der Waals surface area (Å²) in [5, 5.41) is 4.64. The average Bonchev–Trinajstić information content (AvgIpc) is 2.95. The molecule has 0 aliphatic carbocycles. The molecule has 0 spiro atoms. The highest BCUT2D eigenvalue weighted by Gasteiger charge is 2.38. The molecular weight excluding hydrogens is 318 g/mol. The average molecular weight is 339 g/mol. The monoisotopic (exact) mass is 339 g/mol. The molecule has 6 nitrogen and oxygen atoms in total. The van der Waals surface area contributed by atoms with Crippen molar-refractivity contribution in [2.75, 3.05) is 11.4 Å². The van der Waals surface area contributed by atoms with E-state index in [0.29, 0.717) is 0 Å². The van der Waals surface area contributed by atoms with E-state index in [1.807, 2.05) is 42.5 Å². The Morgan fingerprint density at radius 2 is 1.84 bits per heavy atom. The summed E-state index contributed by atoms with van der Waals surface area (Å²) >= 11 is 0. The molecule has 2 aromatic rings. The van der Waals surface area contributed by atoms with E-state index in [9.17, 15) is 14.4 Å². The Morgan fingerprint density at radius 3 is 2.56 bits per heavy atom. The fraction of sp³-hybridized carbons (Fsp3) is 0.316. The lowest BCUT2D eigenvalue weighted by Gasteiger charge is -2.24. The van der Waals surface area contributed by atoms with Crippen molar-refractivity contribution in [3.05, 3.63) is 42.5 Å². The Bertz CT molecular complexity index is 855. The van der Waals surface area contributed by atoms with Gasteiger partial charge in [-0.15, -0.1) is 0 Å². The zero-order chi connectivity index (χ0) is 18.2. The number of rotatable bonds is 4. The third kappa shape index (κ3) is 3.20. The second-order valence-corrected chi connectivity index (χ2v) is 6.88. The first-order chi connectivity index (χ1) is 11.8. The Morgan fingerprint density at radius 1 is 1.16 bits per heavy atom. The van der Waals surface area contributed by atoms with Crippen LogP contribution in [-0.2, 0) is 14.4 Å². The minimum absolute atomic E-state index is 0.103. The summed E-state index contributed by atoms with van der Waals surface area (Å²) in [5.41, 5.74) is 4.95. The number of anilines is 1. The fourth-order valence-electron chi connectivity index (χ4n) is 3.03. The second kappa shape index (κ2) is 6.20. The molecule has 3 N–H and O–H groups in total. The van der Waals surface area contributed by atoms with Crippen LogP contribution in [0.1, 0.15) is 20.3 Å². The molecule has 3 rings (SSSR count). The van der Waals surface area contributed by atoms with Crippen molar-refractivity contribution in [2.45, 2.75) is 25.8 Å². The molecule has 1 aliphatic heterocycles. The van der Waals surface area contributed by atoms with Gasteiger partial charge in [0.25, 0.3) is 0 Å². The molecule has 2 aromatic carbocycles. The minimum Gasteiger partial charge on any atom is -0.368 e. The summed E-state index contributed by atoms with van der Waals surface area (Å²) in [4.78, 5) is 38.0. The molecule has 0 aromatic heterocycles. The maximum Gasteiger partial charge on any atom is 0.242 e. The smallest absolute Gasteiger partial charge is 0.242 e.